The zero-order valence-corrected chi connectivity index (χ0v) is 16.6. The molecule has 1 aliphatic heterocycles. The molecule has 0 aromatic heterocycles. The molecule has 4 rings (SSSR count). The standard InChI is InChI=1S/C23H27NO4/c1-26-20-13-17-14-22(23(25)19(17)15-21(20)27-2)28-18-7-5-6-16(12-18)8-11-24-9-3-4-10-24/h5-7,12-13,15,22H,3-4,8-11,14H2,1-2H3. The van der Waals surface area contributed by atoms with E-state index in [0.717, 1.165) is 24.3 Å². The Bertz CT molecular complexity index is 858. The van der Waals surface area contributed by atoms with Crippen molar-refractivity contribution < 1.29 is 19.0 Å². The Labute approximate surface area is 166 Å². The number of nitrogens with zero attached hydrogens (tertiary/aromatic N) is 1. The molecule has 1 fully saturated rings. The lowest BCUT2D eigenvalue weighted by atomic mass is 10.1. The number of carbonyl (C=O) groups is 1. The lowest BCUT2D eigenvalue weighted by Crippen LogP contribution is -2.24. The number of benzene rings is 2. The van der Waals surface area contributed by atoms with E-state index in [-0.39, 0.29) is 5.78 Å². The van der Waals surface area contributed by atoms with E-state index in [0.29, 0.717) is 23.5 Å². The molecule has 1 unspecified atom stereocenters. The molecule has 5 heteroatoms. The van der Waals surface area contributed by atoms with Crippen LogP contribution in [-0.4, -0.2) is 50.6 Å². The summed E-state index contributed by atoms with van der Waals surface area (Å²) < 4.78 is 16.8. The van der Waals surface area contributed by atoms with E-state index >= 15 is 0 Å². The van der Waals surface area contributed by atoms with Gasteiger partial charge in [-0.1, -0.05) is 12.1 Å². The van der Waals surface area contributed by atoms with Gasteiger partial charge < -0.3 is 19.1 Å². The first kappa shape index (κ1) is 18.8. The number of fused-ring (bicyclic) bond motifs is 1. The van der Waals surface area contributed by atoms with Gasteiger partial charge in [-0.15, -0.1) is 0 Å². The van der Waals surface area contributed by atoms with Crippen molar-refractivity contribution in [2.75, 3.05) is 33.9 Å². The summed E-state index contributed by atoms with van der Waals surface area (Å²) in [6.45, 7) is 3.49. The lowest BCUT2D eigenvalue weighted by molar-refractivity contribution is 0.0821. The highest BCUT2D eigenvalue weighted by Gasteiger charge is 2.33. The zero-order valence-electron chi connectivity index (χ0n) is 16.6. The first-order valence-corrected chi connectivity index (χ1v) is 9.95. The van der Waals surface area contributed by atoms with Gasteiger partial charge in [-0.25, -0.2) is 0 Å². The van der Waals surface area contributed by atoms with E-state index < -0.39 is 6.10 Å². The van der Waals surface area contributed by atoms with Crippen LogP contribution in [0.15, 0.2) is 36.4 Å². The SMILES string of the molecule is COc1cc2c(cc1OC)C(=O)C(Oc1cccc(CCN3CCCC3)c1)C2. The second-order valence-electron chi connectivity index (χ2n) is 7.49. The normalized spacial score (nSPS) is 18.9. The fraction of sp³-hybridized carbons (Fsp3) is 0.435. The Hall–Kier alpha value is -2.53. The number of ketones is 1. The fourth-order valence-electron chi connectivity index (χ4n) is 4.11. The number of methoxy groups -OCH3 is 2. The van der Waals surface area contributed by atoms with Crippen LogP contribution in [0.25, 0.3) is 0 Å². The summed E-state index contributed by atoms with van der Waals surface area (Å²) in [6, 6.07) is 11.8. The number of ether oxygens (including phenoxy) is 3. The van der Waals surface area contributed by atoms with Gasteiger partial charge in [0.05, 0.1) is 14.2 Å². The lowest BCUT2D eigenvalue weighted by Gasteiger charge is -2.16. The number of hydrogen-bond acceptors (Lipinski definition) is 5. The van der Waals surface area contributed by atoms with Crippen LogP contribution in [-0.2, 0) is 12.8 Å². The van der Waals surface area contributed by atoms with Gasteiger partial charge in [0, 0.05) is 18.5 Å². The van der Waals surface area contributed by atoms with Gasteiger partial charge in [0.15, 0.2) is 17.6 Å². The highest BCUT2D eigenvalue weighted by Crippen LogP contribution is 2.36. The van der Waals surface area contributed by atoms with Gasteiger partial charge in [-0.2, -0.15) is 0 Å². The molecule has 0 radical (unpaired) electrons. The van der Waals surface area contributed by atoms with Crippen LogP contribution in [0.1, 0.15) is 34.3 Å². The molecule has 2 aromatic carbocycles. The zero-order chi connectivity index (χ0) is 19.5. The molecule has 1 aliphatic carbocycles. The van der Waals surface area contributed by atoms with Crippen molar-refractivity contribution in [1.29, 1.82) is 0 Å². The van der Waals surface area contributed by atoms with E-state index in [4.69, 9.17) is 14.2 Å². The molecule has 0 N–H and O–H groups in total. The molecule has 0 bridgehead atoms. The maximum absolute atomic E-state index is 12.8. The van der Waals surface area contributed by atoms with Crippen LogP contribution in [0.2, 0.25) is 0 Å². The van der Waals surface area contributed by atoms with Crippen LogP contribution in [0.3, 0.4) is 0 Å². The quantitative estimate of drug-likeness (QED) is 0.734. The summed E-state index contributed by atoms with van der Waals surface area (Å²) in [4.78, 5) is 15.3. The van der Waals surface area contributed by atoms with Crippen LogP contribution in [0, 0.1) is 0 Å². The van der Waals surface area contributed by atoms with Crippen molar-refractivity contribution in [1.82, 2.24) is 4.90 Å². The maximum Gasteiger partial charge on any atom is 0.204 e. The predicted molar refractivity (Wildman–Crippen MR) is 108 cm³/mol. The fourth-order valence-corrected chi connectivity index (χ4v) is 4.11. The van der Waals surface area contributed by atoms with Crippen molar-refractivity contribution in [2.24, 2.45) is 0 Å². The number of carbonyl (C=O) groups excluding carboxylic acids is 1. The minimum Gasteiger partial charge on any atom is -0.493 e. The number of Topliss-reactive ketones (excluding diaryl/α,β-unsaturated/α-hetero) is 1. The summed E-state index contributed by atoms with van der Waals surface area (Å²) in [5, 5.41) is 0. The third-order valence-corrected chi connectivity index (χ3v) is 5.66. The van der Waals surface area contributed by atoms with Crippen molar-refractivity contribution in [3.63, 3.8) is 0 Å². The Morgan fingerprint density at radius 3 is 2.54 bits per heavy atom. The van der Waals surface area contributed by atoms with Gasteiger partial charge in [0.25, 0.3) is 0 Å². The van der Waals surface area contributed by atoms with E-state index in [9.17, 15) is 4.79 Å². The topological polar surface area (TPSA) is 48.0 Å². The van der Waals surface area contributed by atoms with Crippen molar-refractivity contribution >= 4 is 5.78 Å². The average Bonchev–Trinajstić information content (AvgIpc) is 3.34. The molecule has 0 amide bonds. The maximum atomic E-state index is 12.8. The Morgan fingerprint density at radius 2 is 1.79 bits per heavy atom. The van der Waals surface area contributed by atoms with Crippen LogP contribution < -0.4 is 14.2 Å². The number of rotatable bonds is 7. The summed E-state index contributed by atoms with van der Waals surface area (Å²) >= 11 is 0. The summed E-state index contributed by atoms with van der Waals surface area (Å²) in [5.41, 5.74) is 2.85. The van der Waals surface area contributed by atoms with Crippen molar-refractivity contribution in [2.45, 2.75) is 31.8 Å². The highest BCUT2D eigenvalue weighted by molar-refractivity contribution is 6.04. The number of hydrogen-bond donors (Lipinski definition) is 0. The molecule has 1 atom stereocenters. The van der Waals surface area contributed by atoms with E-state index in [1.165, 1.54) is 31.5 Å². The molecule has 0 saturated carbocycles. The largest absolute Gasteiger partial charge is 0.493 e. The minimum atomic E-state index is -0.499. The van der Waals surface area contributed by atoms with Gasteiger partial charge in [0.1, 0.15) is 5.75 Å². The molecule has 1 heterocycles. The van der Waals surface area contributed by atoms with Gasteiger partial charge in [0.2, 0.25) is 5.78 Å². The van der Waals surface area contributed by atoms with Gasteiger partial charge in [-0.3, -0.25) is 4.79 Å². The van der Waals surface area contributed by atoms with Gasteiger partial charge in [-0.05, 0) is 67.7 Å². The molecule has 0 spiro atoms. The monoisotopic (exact) mass is 381 g/mol. The van der Waals surface area contributed by atoms with Crippen molar-refractivity contribution in [3.8, 4) is 17.2 Å². The Morgan fingerprint density at radius 1 is 1.04 bits per heavy atom. The minimum absolute atomic E-state index is 0.00146. The summed E-state index contributed by atoms with van der Waals surface area (Å²) in [6.07, 6.45) is 3.67. The smallest absolute Gasteiger partial charge is 0.204 e. The molecular weight excluding hydrogens is 354 g/mol. The molecule has 1 saturated heterocycles. The summed E-state index contributed by atoms with van der Waals surface area (Å²) in [7, 11) is 3.17. The van der Waals surface area contributed by atoms with E-state index in [2.05, 4.69) is 17.0 Å². The third kappa shape index (κ3) is 3.85. The van der Waals surface area contributed by atoms with Gasteiger partial charge >= 0.3 is 0 Å². The third-order valence-electron chi connectivity index (χ3n) is 5.66. The first-order valence-electron chi connectivity index (χ1n) is 9.95. The molecule has 5 nitrogen and oxygen atoms in total. The van der Waals surface area contributed by atoms with Crippen molar-refractivity contribution in [3.05, 3.63) is 53.1 Å². The predicted octanol–water partition coefficient (Wildman–Crippen LogP) is 3.53. The first-order chi connectivity index (χ1) is 13.7. The molecular formula is C23H27NO4. The second-order valence-corrected chi connectivity index (χ2v) is 7.49. The molecule has 148 valence electrons. The Kier molecular flexibility index (Phi) is 5.53. The second kappa shape index (κ2) is 8.23. The summed E-state index contributed by atoms with van der Waals surface area (Å²) in [5.74, 6) is 1.96. The number of likely N-dealkylation sites (tertiary alicyclic amines) is 1. The molecule has 2 aliphatic rings. The van der Waals surface area contributed by atoms with E-state index in [1.807, 2.05) is 18.2 Å². The van der Waals surface area contributed by atoms with Crippen LogP contribution in [0.5, 0.6) is 17.2 Å². The molecule has 28 heavy (non-hydrogen) atoms. The average molecular weight is 381 g/mol. The highest BCUT2D eigenvalue weighted by atomic mass is 16.5. The van der Waals surface area contributed by atoms with Crippen LogP contribution >= 0.6 is 0 Å². The van der Waals surface area contributed by atoms with Crippen LogP contribution in [0.4, 0.5) is 0 Å². The Balaban J connectivity index is 1.44. The van der Waals surface area contributed by atoms with E-state index in [1.54, 1.807) is 20.3 Å². The molecule has 2 aromatic rings.